The fourth-order valence-electron chi connectivity index (χ4n) is 3.61. The van der Waals surface area contributed by atoms with Gasteiger partial charge in [-0.15, -0.1) is 0 Å². The summed E-state index contributed by atoms with van der Waals surface area (Å²) in [4.78, 5) is 23.1. The van der Waals surface area contributed by atoms with Gasteiger partial charge in [0.1, 0.15) is 23.1 Å². The number of anilines is 3. The first kappa shape index (κ1) is 22.2. The highest BCUT2D eigenvalue weighted by Gasteiger charge is 2.36. The van der Waals surface area contributed by atoms with Crippen LogP contribution < -0.4 is 15.5 Å². The van der Waals surface area contributed by atoms with Gasteiger partial charge >= 0.3 is 0 Å². The van der Waals surface area contributed by atoms with Crippen molar-refractivity contribution >= 4 is 23.4 Å². The van der Waals surface area contributed by atoms with Gasteiger partial charge in [-0.05, 0) is 25.1 Å². The van der Waals surface area contributed by atoms with E-state index >= 15 is 0 Å². The first-order chi connectivity index (χ1) is 15.8. The van der Waals surface area contributed by atoms with Crippen LogP contribution >= 0.6 is 0 Å². The minimum Gasteiger partial charge on any atom is -0.499 e. The van der Waals surface area contributed by atoms with Crippen LogP contribution in [-0.4, -0.2) is 45.9 Å². The summed E-state index contributed by atoms with van der Waals surface area (Å²) in [7, 11) is 3.19. The van der Waals surface area contributed by atoms with Crippen LogP contribution in [0.4, 0.5) is 26.2 Å². The van der Waals surface area contributed by atoms with E-state index in [4.69, 9.17) is 4.74 Å². The number of benzene rings is 1. The second-order valence-corrected chi connectivity index (χ2v) is 7.64. The number of ether oxygens (including phenoxy) is 1. The molecule has 0 aliphatic carbocycles. The molecule has 0 spiro atoms. The van der Waals surface area contributed by atoms with Gasteiger partial charge in [-0.2, -0.15) is 10.1 Å². The molecule has 1 aromatic carbocycles. The molecular formula is C22H23F2N7O2. The summed E-state index contributed by atoms with van der Waals surface area (Å²) >= 11 is 0. The van der Waals surface area contributed by atoms with E-state index in [1.165, 1.54) is 11.8 Å². The predicted octanol–water partition coefficient (Wildman–Crippen LogP) is 2.84. The van der Waals surface area contributed by atoms with Crippen molar-refractivity contribution < 1.29 is 18.3 Å². The molecule has 0 saturated carbocycles. The van der Waals surface area contributed by atoms with Crippen molar-refractivity contribution in [3.8, 4) is 0 Å². The Balaban J connectivity index is 1.48. The lowest BCUT2D eigenvalue weighted by molar-refractivity contribution is -0.117. The van der Waals surface area contributed by atoms with Crippen molar-refractivity contribution in [2.45, 2.75) is 26.1 Å². The molecule has 1 atom stereocenters. The summed E-state index contributed by atoms with van der Waals surface area (Å²) in [6, 6.07) is 2.61. The Morgan fingerprint density at radius 3 is 2.88 bits per heavy atom. The van der Waals surface area contributed by atoms with Gasteiger partial charge in [-0.1, -0.05) is 6.58 Å². The molecule has 11 heteroatoms. The summed E-state index contributed by atoms with van der Waals surface area (Å²) in [5, 5.41) is 10.2. The molecule has 2 N–H and O–H groups in total. The number of hydrogen-bond donors (Lipinski definition) is 2. The molecule has 0 bridgehead atoms. The van der Waals surface area contributed by atoms with Gasteiger partial charge in [0.2, 0.25) is 5.95 Å². The van der Waals surface area contributed by atoms with E-state index in [0.29, 0.717) is 35.5 Å². The number of nitrogens with zero attached hydrogens (tertiary/aromatic N) is 5. The summed E-state index contributed by atoms with van der Waals surface area (Å²) in [6.45, 7) is 6.03. The van der Waals surface area contributed by atoms with Gasteiger partial charge in [0, 0.05) is 30.9 Å². The van der Waals surface area contributed by atoms with Gasteiger partial charge in [0.05, 0.1) is 25.5 Å². The molecule has 0 fully saturated rings. The standard InChI is InChI=1S/C22H23F2N7O2/c1-12-18-20(30(3)19(13(2)33-4)21(32)28-18)29-22(27-12)25-8-14-9-26-31(10-14)11-15-7-16(23)5-6-17(15)24/h5-7,9-10,19H,2,8,11H2,1,3-4H3,(H,28,32)(H,25,27,29)/t19-/m0/s1. The molecule has 3 aromatic rings. The molecule has 1 aliphatic rings. The number of aromatic nitrogens is 4. The monoisotopic (exact) mass is 455 g/mol. The fourth-order valence-corrected chi connectivity index (χ4v) is 3.61. The lowest BCUT2D eigenvalue weighted by atomic mass is 10.1. The first-order valence-electron chi connectivity index (χ1n) is 10.1. The molecule has 0 saturated heterocycles. The smallest absolute Gasteiger partial charge is 0.255 e. The highest BCUT2D eigenvalue weighted by molar-refractivity contribution is 6.04. The Kier molecular flexibility index (Phi) is 5.95. The Morgan fingerprint density at radius 2 is 2.12 bits per heavy atom. The number of carbonyl (C=O) groups is 1. The van der Waals surface area contributed by atoms with Crippen molar-refractivity contribution in [2.75, 3.05) is 29.7 Å². The van der Waals surface area contributed by atoms with Crippen molar-refractivity contribution in [3.63, 3.8) is 0 Å². The number of rotatable bonds is 7. The van der Waals surface area contributed by atoms with E-state index in [2.05, 4.69) is 32.3 Å². The highest BCUT2D eigenvalue weighted by atomic mass is 19.1. The lowest BCUT2D eigenvalue weighted by Crippen LogP contribution is -2.48. The van der Waals surface area contributed by atoms with Gasteiger partial charge in [-0.25, -0.2) is 13.8 Å². The minimum atomic E-state index is -0.717. The highest BCUT2D eigenvalue weighted by Crippen LogP contribution is 2.34. The number of likely N-dealkylation sites (N-methyl/N-ethyl adjacent to an activating group) is 1. The zero-order valence-corrected chi connectivity index (χ0v) is 18.4. The van der Waals surface area contributed by atoms with Crippen molar-refractivity contribution in [1.82, 2.24) is 19.7 Å². The summed E-state index contributed by atoms with van der Waals surface area (Å²) in [5.41, 5.74) is 2.14. The third-order valence-electron chi connectivity index (χ3n) is 5.33. The third kappa shape index (κ3) is 4.47. The Hall–Kier alpha value is -4.02. The molecular weight excluding hydrogens is 432 g/mol. The zero-order valence-electron chi connectivity index (χ0n) is 18.4. The average molecular weight is 455 g/mol. The Morgan fingerprint density at radius 1 is 1.33 bits per heavy atom. The number of aryl methyl sites for hydroxylation is 1. The van der Waals surface area contributed by atoms with Crippen LogP contribution in [0.25, 0.3) is 0 Å². The second kappa shape index (κ2) is 8.85. The SMILES string of the molecule is C=C(OC)[C@H]1C(=O)Nc2c(C)nc(NCc3cnn(Cc4cc(F)ccc4F)c3)nc2N1C. The van der Waals surface area contributed by atoms with Crippen LogP contribution in [0, 0.1) is 18.6 Å². The topological polar surface area (TPSA) is 97.2 Å². The van der Waals surface area contributed by atoms with E-state index in [-0.39, 0.29) is 18.0 Å². The molecule has 0 unspecified atom stereocenters. The van der Waals surface area contributed by atoms with E-state index in [1.807, 2.05) is 0 Å². The number of amides is 1. The number of carbonyl (C=O) groups excluding carboxylic acids is 1. The average Bonchev–Trinajstić information content (AvgIpc) is 3.23. The van der Waals surface area contributed by atoms with Gasteiger partial charge < -0.3 is 20.3 Å². The maximum Gasteiger partial charge on any atom is 0.255 e. The third-order valence-corrected chi connectivity index (χ3v) is 5.33. The fraction of sp³-hybridized carbons (Fsp3) is 0.273. The van der Waals surface area contributed by atoms with Crippen LogP contribution in [0.2, 0.25) is 0 Å². The Labute approximate surface area is 189 Å². The van der Waals surface area contributed by atoms with Gasteiger partial charge in [0.15, 0.2) is 11.9 Å². The van der Waals surface area contributed by atoms with Crippen molar-refractivity contribution in [2.24, 2.45) is 0 Å². The number of nitrogens with one attached hydrogen (secondary N) is 2. The molecule has 33 heavy (non-hydrogen) atoms. The lowest BCUT2D eigenvalue weighted by Gasteiger charge is -2.34. The molecule has 1 aliphatic heterocycles. The number of hydrogen-bond acceptors (Lipinski definition) is 7. The quantitative estimate of drug-likeness (QED) is 0.529. The number of methoxy groups -OCH3 is 1. The second-order valence-electron chi connectivity index (χ2n) is 7.64. The summed E-state index contributed by atoms with van der Waals surface area (Å²) in [5.74, 6) is -0.0713. The zero-order chi connectivity index (χ0) is 23.7. The molecule has 3 heterocycles. The van der Waals surface area contributed by atoms with Gasteiger partial charge in [-0.3, -0.25) is 9.48 Å². The molecule has 9 nitrogen and oxygen atoms in total. The first-order valence-corrected chi connectivity index (χ1v) is 10.1. The maximum absolute atomic E-state index is 13.9. The Bertz CT molecular complexity index is 1230. The van der Waals surface area contributed by atoms with Crippen LogP contribution in [-0.2, 0) is 22.6 Å². The van der Waals surface area contributed by atoms with Crippen molar-refractivity contribution in [3.05, 3.63) is 71.4 Å². The molecule has 1 amide bonds. The van der Waals surface area contributed by atoms with E-state index in [0.717, 1.165) is 23.8 Å². The molecule has 2 aromatic heterocycles. The van der Waals surface area contributed by atoms with E-state index in [9.17, 15) is 13.6 Å². The van der Waals surface area contributed by atoms with Gasteiger partial charge in [0.25, 0.3) is 5.91 Å². The minimum absolute atomic E-state index is 0.104. The van der Waals surface area contributed by atoms with Crippen LogP contribution in [0.1, 0.15) is 16.8 Å². The number of fused-ring (bicyclic) bond motifs is 1. The largest absolute Gasteiger partial charge is 0.499 e. The van der Waals surface area contributed by atoms with E-state index < -0.39 is 17.7 Å². The molecule has 4 rings (SSSR count). The van der Waals surface area contributed by atoms with Crippen LogP contribution in [0.15, 0.2) is 42.9 Å². The summed E-state index contributed by atoms with van der Waals surface area (Å²) < 4.78 is 34.0. The number of halogens is 2. The summed E-state index contributed by atoms with van der Waals surface area (Å²) in [6.07, 6.45) is 3.36. The van der Waals surface area contributed by atoms with Crippen LogP contribution in [0.5, 0.6) is 0 Å². The maximum atomic E-state index is 13.9. The molecule has 172 valence electrons. The van der Waals surface area contributed by atoms with Crippen LogP contribution in [0.3, 0.4) is 0 Å². The normalized spacial score (nSPS) is 15.1. The molecule has 0 radical (unpaired) electrons. The predicted molar refractivity (Wildman–Crippen MR) is 119 cm³/mol. The van der Waals surface area contributed by atoms with E-state index in [1.54, 1.807) is 31.3 Å². The van der Waals surface area contributed by atoms with Crippen molar-refractivity contribution in [1.29, 1.82) is 0 Å².